The van der Waals surface area contributed by atoms with Crippen LogP contribution in [0, 0.1) is 22.7 Å². The minimum atomic E-state index is -0.278. The number of hydrogen-bond donors (Lipinski definition) is 0. The van der Waals surface area contributed by atoms with Crippen molar-refractivity contribution in [1.82, 2.24) is 4.57 Å². The quantitative estimate of drug-likeness (QED) is 0.732. The van der Waals surface area contributed by atoms with Crippen molar-refractivity contribution in [3.63, 3.8) is 0 Å². The third kappa shape index (κ3) is 3.48. The fraction of sp³-hybridized carbons (Fsp3) is 0.118. The Bertz CT molecular complexity index is 1040. The number of nitrogens with zero attached hydrogens (tertiary/aromatic N) is 3. The summed E-state index contributed by atoms with van der Waals surface area (Å²) >= 11 is 4.49. The smallest absolute Gasteiger partial charge is 0.269 e. The van der Waals surface area contributed by atoms with Gasteiger partial charge in [-0.2, -0.15) is 10.5 Å². The van der Waals surface area contributed by atoms with Gasteiger partial charge in [-0.15, -0.1) is 17.9 Å². The van der Waals surface area contributed by atoms with Crippen LogP contribution in [0.4, 0.5) is 0 Å². The molecule has 0 atom stereocenters. The molecule has 2 rings (SSSR count). The average Bonchev–Trinajstić information content (AvgIpc) is 2.86. The van der Waals surface area contributed by atoms with E-state index >= 15 is 0 Å². The minimum absolute atomic E-state index is 0.0974. The number of thiazole rings is 1. The Labute approximate surface area is 150 Å². The molecule has 0 saturated heterocycles. The van der Waals surface area contributed by atoms with Crippen molar-refractivity contribution in [2.24, 2.45) is 0 Å². The highest BCUT2D eigenvalue weighted by molar-refractivity contribution is 9.10. The maximum atomic E-state index is 12.6. The van der Waals surface area contributed by atoms with Crippen LogP contribution in [-0.2, 0) is 6.54 Å². The van der Waals surface area contributed by atoms with Gasteiger partial charge in [0.05, 0.1) is 11.6 Å². The van der Waals surface area contributed by atoms with E-state index in [1.54, 1.807) is 25.3 Å². The maximum Gasteiger partial charge on any atom is 0.269 e. The third-order valence-electron chi connectivity index (χ3n) is 3.14. The number of methoxy groups -OCH3 is 1. The summed E-state index contributed by atoms with van der Waals surface area (Å²) in [6.45, 7) is 3.84. The molecule has 0 unspecified atom stereocenters. The van der Waals surface area contributed by atoms with E-state index in [0.717, 1.165) is 21.4 Å². The van der Waals surface area contributed by atoms with Crippen LogP contribution in [0.15, 0.2) is 40.1 Å². The fourth-order valence-corrected chi connectivity index (χ4v) is 3.51. The molecule has 0 spiro atoms. The Morgan fingerprint density at radius 2 is 2.17 bits per heavy atom. The van der Waals surface area contributed by atoms with E-state index in [1.165, 1.54) is 4.57 Å². The molecular formula is C17H12BrN3O2S. The summed E-state index contributed by atoms with van der Waals surface area (Å²) in [5, 5.41) is 18.2. The zero-order valence-electron chi connectivity index (χ0n) is 12.7. The van der Waals surface area contributed by atoms with E-state index in [4.69, 9.17) is 15.3 Å². The van der Waals surface area contributed by atoms with Gasteiger partial charge in [-0.05, 0) is 24.3 Å². The standard InChI is InChI=1S/C17H12BrN3O2S/c1-3-6-21-16(22)15(24-17(21)12(9-19)10-20)8-11-7-13(18)4-5-14(11)23-2/h3-5,7-8H,1,6H2,2H3/b15-8-. The van der Waals surface area contributed by atoms with E-state index < -0.39 is 0 Å². The lowest BCUT2D eigenvalue weighted by molar-refractivity contribution is 0.413. The van der Waals surface area contributed by atoms with Crippen molar-refractivity contribution in [3.05, 3.63) is 60.4 Å². The minimum Gasteiger partial charge on any atom is -0.496 e. The Balaban J connectivity index is 2.86. The van der Waals surface area contributed by atoms with Crippen LogP contribution in [0.1, 0.15) is 5.56 Å². The van der Waals surface area contributed by atoms with Gasteiger partial charge in [-0.1, -0.05) is 22.0 Å². The average molecular weight is 402 g/mol. The third-order valence-corrected chi connectivity index (χ3v) is 4.76. The number of hydrogen-bond acceptors (Lipinski definition) is 5. The SMILES string of the molecule is C=CCn1c(=C(C#N)C#N)s/c(=C\c2cc(Br)ccc2OC)c1=O. The summed E-state index contributed by atoms with van der Waals surface area (Å²) in [5.41, 5.74) is 0.345. The van der Waals surface area contributed by atoms with Crippen LogP contribution in [0.25, 0.3) is 11.6 Å². The highest BCUT2D eigenvalue weighted by Gasteiger charge is 2.09. The first-order valence-corrected chi connectivity index (χ1v) is 8.37. The molecule has 0 fully saturated rings. The van der Waals surface area contributed by atoms with Crippen molar-refractivity contribution in [2.75, 3.05) is 7.11 Å². The largest absolute Gasteiger partial charge is 0.496 e. The molecule has 1 heterocycles. The summed E-state index contributed by atoms with van der Waals surface area (Å²) in [6.07, 6.45) is 3.24. The number of benzene rings is 1. The lowest BCUT2D eigenvalue weighted by atomic mass is 10.2. The molecule has 1 aromatic carbocycles. The number of ether oxygens (including phenoxy) is 1. The number of halogens is 1. The normalized spacial score (nSPS) is 10.8. The first kappa shape index (κ1) is 17.7. The van der Waals surface area contributed by atoms with Crippen molar-refractivity contribution in [2.45, 2.75) is 6.54 Å². The van der Waals surface area contributed by atoms with Gasteiger partial charge in [-0.25, -0.2) is 0 Å². The molecule has 24 heavy (non-hydrogen) atoms. The predicted molar refractivity (Wildman–Crippen MR) is 96.9 cm³/mol. The Morgan fingerprint density at radius 1 is 1.46 bits per heavy atom. The molecule has 0 amide bonds. The van der Waals surface area contributed by atoms with Gasteiger partial charge in [-0.3, -0.25) is 9.36 Å². The van der Waals surface area contributed by atoms with E-state index in [9.17, 15) is 4.79 Å². The summed E-state index contributed by atoms with van der Waals surface area (Å²) in [5.74, 6) is 0.618. The fourth-order valence-electron chi connectivity index (χ4n) is 2.08. The molecular weight excluding hydrogens is 390 g/mol. The van der Waals surface area contributed by atoms with Gasteiger partial charge in [0.1, 0.15) is 22.6 Å². The molecule has 0 N–H and O–H groups in total. The number of rotatable bonds is 4. The molecule has 0 radical (unpaired) electrons. The van der Waals surface area contributed by atoms with E-state index in [1.807, 2.05) is 24.3 Å². The van der Waals surface area contributed by atoms with Crippen molar-refractivity contribution >= 4 is 38.9 Å². The van der Waals surface area contributed by atoms with Crippen LogP contribution < -0.4 is 19.5 Å². The van der Waals surface area contributed by atoms with Crippen molar-refractivity contribution in [3.8, 4) is 17.9 Å². The highest BCUT2D eigenvalue weighted by Crippen LogP contribution is 2.23. The summed E-state index contributed by atoms with van der Waals surface area (Å²) < 4.78 is 8.25. The zero-order chi connectivity index (χ0) is 17.7. The van der Waals surface area contributed by atoms with Gasteiger partial charge in [0, 0.05) is 16.6 Å². The zero-order valence-corrected chi connectivity index (χ0v) is 15.1. The second-order valence-electron chi connectivity index (χ2n) is 4.61. The Kier molecular flexibility index (Phi) is 5.75. The van der Waals surface area contributed by atoms with Crippen molar-refractivity contribution in [1.29, 1.82) is 10.5 Å². The highest BCUT2D eigenvalue weighted by atomic mass is 79.9. The lowest BCUT2D eigenvalue weighted by Crippen LogP contribution is -2.31. The maximum absolute atomic E-state index is 12.6. The number of aromatic nitrogens is 1. The van der Waals surface area contributed by atoms with Gasteiger partial charge in [0.25, 0.3) is 5.56 Å². The summed E-state index contributed by atoms with van der Waals surface area (Å²) in [7, 11) is 1.55. The van der Waals surface area contributed by atoms with E-state index in [-0.39, 0.29) is 17.7 Å². The topological polar surface area (TPSA) is 78.8 Å². The number of allylic oxidation sites excluding steroid dienone is 1. The molecule has 120 valence electrons. The summed E-state index contributed by atoms with van der Waals surface area (Å²) in [6, 6.07) is 9.11. The van der Waals surface area contributed by atoms with E-state index in [0.29, 0.717) is 14.9 Å². The molecule has 1 aromatic heterocycles. The second-order valence-corrected chi connectivity index (χ2v) is 6.55. The number of nitriles is 2. The Hall–Kier alpha value is -2.61. The van der Waals surface area contributed by atoms with Gasteiger partial charge in [0.15, 0.2) is 5.57 Å². The van der Waals surface area contributed by atoms with Crippen LogP contribution in [0.2, 0.25) is 0 Å². The molecule has 0 aliphatic carbocycles. The van der Waals surface area contributed by atoms with Gasteiger partial charge < -0.3 is 4.74 Å². The van der Waals surface area contributed by atoms with E-state index in [2.05, 4.69) is 22.5 Å². The predicted octanol–water partition coefficient (Wildman–Crippen LogP) is 1.89. The molecule has 0 aliphatic rings. The van der Waals surface area contributed by atoms with Crippen LogP contribution in [0.5, 0.6) is 5.75 Å². The molecule has 0 bridgehead atoms. The summed E-state index contributed by atoms with van der Waals surface area (Å²) in [4.78, 5) is 12.6. The first-order valence-electron chi connectivity index (χ1n) is 6.76. The molecule has 7 heteroatoms. The van der Waals surface area contributed by atoms with Gasteiger partial charge >= 0.3 is 0 Å². The van der Waals surface area contributed by atoms with Crippen molar-refractivity contribution < 1.29 is 4.74 Å². The van der Waals surface area contributed by atoms with Crippen LogP contribution in [0.3, 0.4) is 0 Å². The Morgan fingerprint density at radius 3 is 2.75 bits per heavy atom. The monoisotopic (exact) mass is 401 g/mol. The van der Waals surface area contributed by atoms with Gasteiger partial charge in [0.2, 0.25) is 0 Å². The molecule has 5 nitrogen and oxygen atoms in total. The van der Waals surface area contributed by atoms with Crippen LogP contribution in [-0.4, -0.2) is 11.7 Å². The second kappa shape index (κ2) is 7.78. The molecule has 0 aliphatic heterocycles. The molecule has 2 aromatic rings. The lowest BCUT2D eigenvalue weighted by Gasteiger charge is -2.04. The first-order chi connectivity index (χ1) is 11.5. The molecule has 0 saturated carbocycles. The van der Waals surface area contributed by atoms with Crippen LogP contribution >= 0.6 is 27.3 Å².